The molecule has 0 aliphatic carbocycles. The largest absolute Gasteiger partial charge is 0.508 e. The van der Waals surface area contributed by atoms with Gasteiger partial charge in [-0.2, -0.15) is 4.98 Å². The molecule has 294 valence electrons. The van der Waals surface area contributed by atoms with Crippen LogP contribution >= 0.6 is 0 Å². The number of carbonyl (C=O) groups is 3. The molecule has 1 saturated heterocycles. The average Bonchev–Trinajstić information content (AvgIpc) is 3.81. The van der Waals surface area contributed by atoms with Crippen LogP contribution in [0, 0.1) is 5.92 Å². The third-order valence-corrected chi connectivity index (χ3v) is 9.48. The molecule has 0 saturated carbocycles. The molecule has 1 fully saturated rings. The maximum absolute atomic E-state index is 13.3. The predicted octanol–water partition coefficient (Wildman–Crippen LogP) is 7.89. The van der Waals surface area contributed by atoms with E-state index in [4.69, 9.17) is 28.1 Å². The highest BCUT2D eigenvalue weighted by Gasteiger charge is 2.41. The molecular formula is C43H47N3O10. The fraction of sp³-hybridized carbons (Fsp3) is 0.372. The van der Waals surface area contributed by atoms with Crippen molar-refractivity contribution in [2.75, 3.05) is 6.61 Å². The van der Waals surface area contributed by atoms with Gasteiger partial charge in [-0.15, -0.1) is 0 Å². The Hall–Kier alpha value is -5.95. The zero-order chi connectivity index (χ0) is 39.4. The van der Waals surface area contributed by atoms with Crippen molar-refractivity contribution in [3.05, 3.63) is 124 Å². The van der Waals surface area contributed by atoms with E-state index in [0.717, 1.165) is 36.0 Å². The Bertz CT molecular complexity index is 2120. The van der Waals surface area contributed by atoms with Crippen molar-refractivity contribution in [3.8, 4) is 11.3 Å². The molecule has 5 aromatic rings. The third kappa shape index (κ3) is 10.6. The van der Waals surface area contributed by atoms with E-state index in [1.54, 1.807) is 38.2 Å². The molecule has 0 spiro atoms. The van der Waals surface area contributed by atoms with Gasteiger partial charge in [-0.1, -0.05) is 119 Å². The number of aromatic nitrogens is 2. The Kier molecular flexibility index (Phi) is 13.5. The monoisotopic (exact) mass is 765 g/mol. The van der Waals surface area contributed by atoms with Crippen molar-refractivity contribution in [1.82, 2.24) is 14.9 Å². The zero-order valence-electron chi connectivity index (χ0n) is 31.8. The molecule has 4 atom stereocenters. The lowest BCUT2D eigenvalue weighted by molar-refractivity contribution is -0.154. The van der Waals surface area contributed by atoms with Gasteiger partial charge in [0, 0.05) is 18.2 Å². The van der Waals surface area contributed by atoms with Crippen LogP contribution in [0.1, 0.15) is 69.4 Å². The molecule has 1 amide bonds. The fourth-order valence-electron chi connectivity index (χ4n) is 6.35. The summed E-state index contributed by atoms with van der Waals surface area (Å²) in [5, 5.41) is 3.14. The van der Waals surface area contributed by atoms with Gasteiger partial charge in [0.05, 0.1) is 5.39 Å². The maximum Gasteiger partial charge on any atom is 0.508 e. The zero-order valence-corrected chi connectivity index (χ0v) is 31.8. The van der Waals surface area contributed by atoms with Gasteiger partial charge in [0.2, 0.25) is 5.71 Å². The first-order chi connectivity index (χ1) is 27.2. The molecule has 0 bridgehead atoms. The summed E-state index contributed by atoms with van der Waals surface area (Å²) in [6.07, 6.45) is 1.43. The van der Waals surface area contributed by atoms with Crippen molar-refractivity contribution in [2.24, 2.45) is 5.92 Å². The summed E-state index contributed by atoms with van der Waals surface area (Å²) >= 11 is 0. The third-order valence-electron chi connectivity index (χ3n) is 9.48. The second-order valence-corrected chi connectivity index (χ2v) is 14.1. The number of amides is 1. The van der Waals surface area contributed by atoms with Crippen molar-refractivity contribution in [1.29, 1.82) is 0 Å². The Morgan fingerprint density at radius 3 is 2.21 bits per heavy atom. The van der Waals surface area contributed by atoms with Gasteiger partial charge in [0.15, 0.2) is 0 Å². The highest BCUT2D eigenvalue weighted by Crippen LogP contribution is 2.33. The number of hydrogen-bond acceptors (Lipinski definition) is 11. The van der Waals surface area contributed by atoms with E-state index in [-0.39, 0.29) is 37.9 Å². The van der Waals surface area contributed by atoms with Gasteiger partial charge in [-0.05, 0) is 41.5 Å². The second kappa shape index (κ2) is 19.1. The molecule has 0 radical (unpaired) electrons. The first-order valence-electron chi connectivity index (χ1n) is 19.0. The lowest BCUT2D eigenvalue weighted by Crippen LogP contribution is -2.46. The number of nitrogens with one attached hydrogen (secondary N) is 1. The number of aryl methyl sites for hydroxylation is 1. The number of nitrogens with zero attached hydrogens (tertiary/aromatic N) is 2. The number of furan rings is 1. The second-order valence-electron chi connectivity index (χ2n) is 14.1. The van der Waals surface area contributed by atoms with Crippen LogP contribution in [0.5, 0.6) is 0 Å². The maximum atomic E-state index is 13.3. The summed E-state index contributed by atoms with van der Waals surface area (Å²) in [5.41, 5.74) is 3.17. The van der Waals surface area contributed by atoms with Gasteiger partial charge < -0.3 is 33.4 Å². The van der Waals surface area contributed by atoms with Crippen LogP contribution < -0.4 is 11.0 Å². The number of benzene rings is 3. The fourth-order valence-corrected chi connectivity index (χ4v) is 6.35. The van der Waals surface area contributed by atoms with Crippen molar-refractivity contribution < 1.29 is 42.5 Å². The van der Waals surface area contributed by atoms with Gasteiger partial charge >= 0.3 is 23.9 Å². The minimum Gasteiger partial charge on any atom is -0.461 e. The molecule has 13 heteroatoms. The summed E-state index contributed by atoms with van der Waals surface area (Å²) in [6, 6.07) is 27.1. The standard InChI is InChI=1S/C43H47N3O10/c1-4-5-8-13-29-18-20-32(21-19-29)34-22-33-24-46(41(48)45-39(33)55-34)37-23-35(56-43(50)53-26-31-16-11-7-12-17-31)36(54-37)27-51-40(47)38(28(2)3)44-42(49)52-25-30-14-9-6-10-15-30/h6-7,9-12,14-22,24,28,35-38H,4-5,8,13,23,25-27H2,1-3H3,(H,44,49)/t35-,36+,37+,38-/m0/s1. The van der Waals surface area contributed by atoms with Gasteiger partial charge in [0.1, 0.15) is 50.1 Å². The van der Waals surface area contributed by atoms with Crippen LogP contribution in [-0.2, 0) is 48.1 Å². The molecule has 3 heterocycles. The summed E-state index contributed by atoms with van der Waals surface area (Å²) in [7, 11) is 0. The number of ether oxygens (including phenoxy) is 5. The minimum absolute atomic E-state index is 0.0235. The van der Waals surface area contributed by atoms with E-state index in [1.807, 2.05) is 60.7 Å². The predicted molar refractivity (Wildman–Crippen MR) is 206 cm³/mol. The highest BCUT2D eigenvalue weighted by molar-refractivity contribution is 5.81. The molecule has 2 aromatic heterocycles. The summed E-state index contributed by atoms with van der Waals surface area (Å²) < 4.78 is 35.5. The number of rotatable bonds is 16. The number of esters is 1. The molecule has 56 heavy (non-hydrogen) atoms. The number of alkyl carbamates (subject to hydrolysis) is 1. The Labute approximate surface area is 324 Å². The molecule has 1 aliphatic rings. The van der Waals surface area contributed by atoms with Crippen LogP contribution in [0.4, 0.5) is 9.59 Å². The number of unbranched alkanes of at least 4 members (excludes halogenated alkanes) is 2. The van der Waals surface area contributed by atoms with Crippen molar-refractivity contribution in [2.45, 2.75) is 90.6 Å². The molecule has 3 aromatic carbocycles. The van der Waals surface area contributed by atoms with E-state index in [1.165, 1.54) is 16.6 Å². The van der Waals surface area contributed by atoms with Gasteiger partial charge in [0.25, 0.3) is 0 Å². The summed E-state index contributed by atoms with van der Waals surface area (Å²) in [6.45, 7) is 5.32. The van der Waals surface area contributed by atoms with Gasteiger partial charge in [-0.3, -0.25) is 4.57 Å². The molecule has 0 unspecified atom stereocenters. The first kappa shape index (κ1) is 39.7. The van der Waals surface area contributed by atoms with Crippen molar-refractivity contribution in [3.63, 3.8) is 0 Å². The SMILES string of the molecule is CCCCCc1ccc(-c2cc3cn([C@H]4C[C@H](OC(=O)OCc5ccccc5)[C@@H](COC(=O)[C@@H](NC(=O)OCc5ccccc5)C(C)C)O4)c(=O)nc3o2)cc1. The Morgan fingerprint density at radius 1 is 0.875 bits per heavy atom. The lowest BCUT2D eigenvalue weighted by atomic mass is 10.0. The van der Waals surface area contributed by atoms with Crippen molar-refractivity contribution >= 4 is 29.3 Å². The number of hydrogen-bond donors (Lipinski definition) is 1. The van der Waals surface area contributed by atoms with Crippen LogP contribution in [0.3, 0.4) is 0 Å². The van der Waals surface area contributed by atoms with Crippen LogP contribution in [-0.4, -0.2) is 52.6 Å². The first-order valence-corrected chi connectivity index (χ1v) is 19.0. The Balaban J connectivity index is 1.14. The Morgan fingerprint density at radius 2 is 1.55 bits per heavy atom. The van der Waals surface area contributed by atoms with Crippen LogP contribution in [0.2, 0.25) is 0 Å². The summed E-state index contributed by atoms with van der Waals surface area (Å²) in [4.78, 5) is 56.4. The highest BCUT2D eigenvalue weighted by atomic mass is 16.7. The van der Waals surface area contributed by atoms with E-state index >= 15 is 0 Å². The van der Waals surface area contributed by atoms with Crippen LogP contribution in [0.15, 0.2) is 106 Å². The normalized spacial score (nSPS) is 17.0. The average molecular weight is 766 g/mol. The van der Waals surface area contributed by atoms with Crippen LogP contribution in [0.25, 0.3) is 22.4 Å². The quantitative estimate of drug-likeness (QED) is 0.0592. The van der Waals surface area contributed by atoms with E-state index < -0.39 is 48.4 Å². The molecular weight excluding hydrogens is 718 g/mol. The van der Waals surface area contributed by atoms with E-state index in [0.29, 0.717) is 11.1 Å². The van der Waals surface area contributed by atoms with E-state index in [2.05, 4.69) is 29.4 Å². The van der Waals surface area contributed by atoms with Gasteiger partial charge in [-0.25, -0.2) is 19.2 Å². The minimum atomic E-state index is -1.05. The number of fused-ring (bicyclic) bond motifs is 1. The molecule has 13 nitrogen and oxygen atoms in total. The molecule has 1 N–H and O–H groups in total. The molecule has 6 rings (SSSR count). The molecule has 1 aliphatic heterocycles. The summed E-state index contributed by atoms with van der Waals surface area (Å²) in [5.74, 6) is -0.542. The topological polar surface area (TPSA) is 157 Å². The number of carbonyl (C=O) groups excluding carboxylic acids is 3. The van der Waals surface area contributed by atoms with E-state index in [9.17, 15) is 19.2 Å². The smallest absolute Gasteiger partial charge is 0.461 e. The lowest BCUT2D eigenvalue weighted by Gasteiger charge is -2.23.